The fourth-order valence-corrected chi connectivity index (χ4v) is 2.31. The molecule has 0 aliphatic rings. The van der Waals surface area contributed by atoms with Crippen LogP contribution in [0.1, 0.15) is 35.3 Å². The van der Waals surface area contributed by atoms with Crippen LogP contribution in [0.5, 0.6) is 0 Å². The summed E-state index contributed by atoms with van der Waals surface area (Å²) in [6.45, 7) is 6.87. The Bertz CT molecular complexity index is 286. The number of thiazole rings is 1. The van der Waals surface area contributed by atoms with E-state index in [1.165, 1.54) is 17.7 Å². The van der Waals surface area contributed by atoms with Crippen molar-refractivity contribution in [1.29, 1.82) is 0 Å². The van der Waals surface area contributed by atoms with Crippen molar-refractivity contribution >= 4 is 11.3 Å². The second kappa shape index (κ2) is 6.93. The second-order valence-corrected chi connectivity index (χ2v) is 4.85. The van der Waals surface area contributed by atoms with E-state index >= 15 is 0 Å². The highest BCUT2D eigenvalue weighted by molar-refractivity contribution is 7.11. The van der Waals surface area contributed by atoms with E-state index in [9.17, 15) is 0 Å². The Morgan fingerprint density at radius 3 is 2.93 bits per heavy atom. The summed E-state index contributed by atoms with van der Waals surface area (Å²) < 4.78 is 5.13. The van der Waals surface area contributed by atoms with Gasteiger partial charge < -0.3 is 10.1 Å². The van der Waals surface area contributed by atoms with E-state index in [0.717, 1.165) is 23.8 Å². The van der Waals surface area contributed by atoms with Gasteiger partial charge in [0.2, 0.25) is 0 Å². The first-order valence-corrected chi connectivity index (χ1v) is 6.24. The summed E-state index contributed by atoms with van der Waals surface area (Å²) in [4.78, 5) is 5.76. The number of nitrogens with one attached hydrogen (secondary N) is 1. The summed E-state index contributed by atoms with van der Waals surface area (Å²) in [5, 5.41) is 4.55. The highest BCUT2D eigenvalue weighted by Crippen LogP contribution is 2.18. The molecule has 1 aromatic heterocycles. The van der Waals surface area contributed by atoms with Crippen molar-refractivity contribution in [3.8, 4) is 0 Å². The van der Waals surface area contributed by atoms with E-state index in [-0.39, 0.29) is 0 Å². The highest BCUT2D eigenvalue weighted by atomic mass is 32.1. The summed E-state index contributed by atoms with van der Waals surface area (Å²) in [5.41, 5.74) is 1.09. The zero-order chi connectivity index (χ0) is 11.1. The first-order valence-electron chi connectivity index (χ1n) is 5.42. The summed E-state index contributed by atoms with van der Waals surface area (Å²) in [7, 11) is 1.71. The summed E-state index contributed by atoms with van der Waals surface area (Å²) in [6, 6.07) is 0. The molecule has 86 valence electrons. The molecule has 4 heteroatoms. The van der Waals surface area contributed by atoms with Crippen LogP contribution in [0.15, 0.2) is 0 Å². The number of hydrogen-bond acceptors (Lipinski definition) is 4. The van der Waals surface area contributed by atoms with E-state index in [0.29, 0.717) is 6.61 Å². The molecule has 15 heavy (non-hydrogen) atoms. The maximum absolute atomic E-state index is 5.13. The van der Waals surface area contributed by atoms with Crippen LogP contribution in [-0.2, 0) is 17.9 Å². The zero-order valence-corrected chi connectivity index (χ0v) is 10.6. The van der Waals surface area contributed by atoms with Crippen molar-refractivity contribution in [1.82, 2.24) is 10.3 Å². The van der Waals surface area contributed by atoms with Crippen LogP contribution in [0.4, 0.5) is 0 Å². The second-order valence-electron chi connectivity index (χ2n) is 3.57. The van der Waals surface area contributed by atoms with Crippen LogP contribution in [0.2, 0.25) is 0 Å². The maximum Gasteiger partial charge on any atom is 0.0901 e. The van der Waals surface area contributed by atoms with Gasteiger partial charge in [-0.3, -0.25) is 0 Å². The lowest BCUT2D eigenvalue weighted by Crippen LogP contribution is -2.14. The summed E-state index contributed by atoms with van der Waals surface area (Å²) in [5.74, 6) is 0. The number of nitrogens with zero attached hydrogens (tertiary/aromatic N) is 1. The van der Waals surface area contributed by atoms with Crippen LogP contribution < -0.4 is 5.32 Å². The van der Waals surface area contributed by atoms with Gasteiger partial charge in [-0.05, 0) is 19.9 Å². The van der Waals surface area contributed by atoms with Crippen molar-refractivity contribution in [2.75, 3.05) is 13.7 Å². The maximum atomic E-state index is 5.13. The van der Waals surface area contributed by atoms with Crippen LogP contribution in [0, 0.1) is 6.92 Å². The smallest absolute Gasteiger partial charge is 0.0901 e. The first kappa shape index (κ1) is 12.6. The van der Waals surface area contributed by atoms with Crippen molar-refractivity contribution in [3.63, 3.8) is 0 Å². The number of aromatic nitrogens is 1. The average molecular weight is 228 g/mol. The Balaban J connectivity index is 2.44. The monoisotopic (exact) mass is 228 g/mol. The molecular formula is C11H20N2OS. The molecular weight excluding hydrogens is 208 g/mol. The molecule has 1 N–H and O–H groups in total. The van der Waals surface area contributed by atoms with Gasteiger partial charge in [0, 0.05) is 18.5 Å². The molecule has 0 amide bonds. The minimum Gasteiger partial charge on any atom is -0.378 e. The molecule has 3 nitrogen and oxygen atoms in total. The Kier molecular flexibility index (Phi) is 5.83. The van der Waals surface area contributed by atoms with Crippen molar-refractivity contribution in [2.45, 2.75) is 39.8 Å². The minimum atomic E-state index is 0.620. The number of hydrogen-bond donors (Lipinski definition) is 1. The molecule has 0 radical (unpaired) electrons. The molecule has 0 aliphatic carbocycles. The van der Waals surface area contributed by atoms with Crippen LogP contribution in [-0.4, -0.2) is 18.6 Å². The Labute approximate surface area is 95.9 Å². The van der Waals surface area contributed by atoms with Crippen molar-refractivity contribution in [3.05, 3.63) is 15.6 Å². The van der Waals surface area contributed by atoms with E-state index < -0.39 is 0 Å². The van der Waals surface area contributed by atoms with Gasteiger partial charge in [-0.15, -0.1) is 11.3 Å². The lowest BCUT2D eigenvalue weighted by Gasteiger charge is -2.03. The molecule has 0 spiro atoms. The minimum absolute atomic E-state index is 0.620. The quantitative estimate of drug-likeness (QED) is 0.728. The van der Waals surface area contributed by atoms with Crippen LogP contribution in [0.25, 0.3) is 0 Å². The number of unbranched alkanes of at least 4 members (excludes halogenated alkanes) is 1. The molecule has 0 aromatic carbocycles. The van der Waals surface area contributed by atoms with Gasteiger partial charge in [0.25, 0.3) is 0 Å². The zero-order valence-electron chi connectivity index (χ0n) is 9.80. The third-order valence-electron chi connectivity index (χ3n) is 2.16. The van der Waals surface area contributed by atoms with E-state index in [1.807, 2.05) is 6.92 Å². The number of methoxy groups -OCH3 is 1. The van der Waals surface area contributed by atoms with Gasteiger partial charge in [-0.25, -0.2) is 4.98 Å². The summed E-state index contributed by atoms with van der Waals surface area (Å²) >= 11 is 1.76. The van der Waals surface area contributed by atoms with Gasteiger partial charge in [0.15, 0.2) is 0 Å². The molecule has 0 unspecified atom stereocenters. The van der Waals surface area contributed by atoms with Gasteiger partial charge in [-0.1, -0.05) is 13.3 Å². The highest BCUT2D eigenvalue weighted by Gasteiger charge is 2.07. The summed E-state index contributed by atoms with van der Waals surface area (Å²) in [6.07, 6.45) is 2.47. The average Bonchev–Trinajstić information content (AvgIpc) is 2.55. The van der Waals surface area contributed by atoms with Crippen molar-refractivity contribution in [2.24, 2.45) is 0 Å². The Morgan fingerprint density at radius 2 is 2.27 bits per heavy atom. The molecule has 1 heterocycles. The van der Waals surface area contributed by atoms with Gasteiger partial charge in [0.1, 0.15) is 0 Å². The SMILES string of the molecule is CCCCNCc1sc(C)nc1COC. The molecule has 0 atom stereocenters. The molecule has 0 bridgehead atoms. The van der Waals surface area contributed by atoms with Crippen molar-refractivity contribution < 1.29 is 4.74 Å². The van der Waals surface area contributed by atoms with Crippen LogP contribution >= 0.6 is 11.3 Å². The largest absolute Gasteiger partial charge is 0.378 e. The van der Waals surface area contributed by atoms with Crippen LogP contribution in [0.3, 0.4) is 0 Å². The third kappa shape index (κ3) is 4.28. The lowest BCUT2D eigenvalue weighted by molar-refractivity contribution is 0.181. The first-order chi connectivity index (χ1) is 7.27. The molecule has 0 aliphatic heterocycles. The third-order valence-corrected chi connectivity index (χ3v) is 3.17. The lowest BCUT2D eigenvalue weighted by atomic mass is 10.3. The molecule has 1 aromatic rings. The number of rotatable bonds is 7. The van der Waals surface area contributed by atoms with Gasteiger partial charge >= 0.3 is 0 Å². The predicted octanol–water partition coefficient (Wildman–Crippen LogP) is 2.49. The normalized spacial score (nSPS) is 10.9. The van der Waals surface area contributed by atoms with E-state index in [4.69, 9.17) is 4.74 Å². The molecule has 0 saturated carbocycles. The number of aryl methyl sites for hydroxylation is 1. The Morgan fingerprint density at radius 1 is 1.47 bits per heavy atom. The molecule has 0 saturated heterocycles. The fourth-order valence-electron chi connectivity index (χ4n) is 1.40. The number of ether oxygens (including phenoxy) is 1. The molecule has 0 fully saturated rings. The van der Waals surface area contributed by atoms with Gasteiger partial charge in [0.05, 0.1) is 17.3 Å². The topological polar surface area (TPSA) is 34.2 Å². The predicted molar refractivity (Wildman–Crippen MR) is 64.2 cm³/mol. The van der Waals surface area contributed by atoms with Gasteiger partial charge in [-0.2, -0.15) is 0 Å². The standard InChI is InChI=1S/C11H20N2OS/c1-4-5-6-12-7-11-10(8-14-3)13-9(2)15-11/h12H,4-8H2,1-3H3. The van der Waals surface area contributed by atoms with E-state index in [1.54, 1.807) is 18.4 Å². The van der Waals surface area contributed by atoms with E-state index in [2.05, 4.69) is 17.2 Å². The fraction of sp³-hybridized carbons (Fsp3) is 0.727. The Hall–Kier alpha value is -0.450. The molecule has 1 rings (SSSR count).